The first kappa shape index (κ1) is 27.1. The number of urea groups is 1. The highest BCUT2D eigenvalue weighted by Crippen LogP contribution is 2.29. The van der Waals surface area contributed by atoms with Crippen LogP contribution in [0, 0.1) is 0 Å². The van der Waals surface area contributed by atoms with Crippen molar-refractivity contribution in [2.45, 2.75) is 45.8 Å². The third-order valence-electron chi connectivity index (χ3n) is 5.77. The van der Waals surface area contributed by atoms with E-state index in [2.05, 4.69) is 10.6 Å². The van der Waals surface area contributed by atoms with Crippen molar-refractivity contribution >= 4 is 34.9 Å². The number of nitrogens with zero attached hydrogens (tertiary/aromatic N) is 2. The van der Waals surface area contributed by atoms with Crippen LogP contribution in [0.4, 0.5) is 16.2 Å². The largest absolute Gasteiger partial charge is 0.377 e. The number of hydrogen-bond acceptors (Lipinski definition) is 3. The van der Waals surface area contributed by atoms with Crippen LogP contribution in [-0.2, 0) is 6.54 Å². The van der Waals surface area contributed by atoms with E-state index >= 15 is 0 Å². The fraction of sp³-hybridized carbons (Fsp3) is 0.310. The quantitative estimate of drug-likeness (QED) is 0.373. The zero-order valence-electron chi connectivity index (χ0n) is 21.8. The minimum Gasteiger partial charge on any atom is -0.377 e. The highest BCUT2D eigenvalue weighted by atomic mass is 35.5. The lowest BCUT2D eigenvalue weighted by Gasteiger charge is -2.34. The molecule has 0 radical (unpaired) electrons. The van der Waals surface area contributed by atoms with Gasteiger partial charge in [0, 0.05) is 31.0 Å². The van der Waals surface area contributed by atoms with E-state index in [4.69, 9.17) is 11.6 Å². The fourth-order valence-electron chi connectivity index (χ4n) is 3.94. The molecule has 7 heteroatoms. The van der Waals surface area contributed by atoms with Gasteiger partial charge in [0.05, 0.1) is 23.2 Å². The SMILES string of the molecule is C[C@@H](c1ccccc1)N(Cc1cc(NC(=O)c2ccccc2Cl)ccc1N(C)C)C(=O)NC(C)(C)C. The van der Waals surface area contributed by atoms with Crippen LogP contribution < -0.4 is 15.5 Å². The fourth-order valence-corrected chi connectivity index (χ4v) is 4.16. The molecule has 190 valence electrons. The molecule has 0 spiro atoms. The van der Waals surface area contributed by atoms with Gasteiger partial charge in [-0.15, -0.1) is 0 Å². The van der Waals surface area contributed by atoms with Gasteiger partial charge in [0.2, 0.25) is 0 Å². The van der Waals surface area contributed by atoms with Crippen LogP contribution in [0.3, 0.4) is 0 Å². The molecule has 0 heterocycles. The van der Waals surface area contributed by atoms with Crippen molar-refractivity contribution in [1.29, 1.82) is 0 Å². The molecule has 0 saturated carbocycles. The second-order valence-corrected chi connectivity index (χ2v) is 10.5. The number of rotatable bonds is 7. The van der Waals surface area contributed by atoms with Crippen LogP contribution in [-0.4, -0.2) is 36.5 Å². The van der Waals surface area contributed by atoms with Crippen molar-refractivity contribution in [2.75, 3.05) is 24.3 Å². The van der Waals surface area contributed by atoms with Crippen LogP contribution in [0.15, 0.2) is 72.8 Å². The summed E-state index contributed by atoms with van der Waals surface area (Å²) in [5.74, 6) is -0.288. The van der Waals surface area contributed by atoms with Gasteiger partial charge in [-0.1, -0.05) is 54.1 Å². The zero-order valence-corrected chi connectivity index (χ0v) is 22.6. The monoisotopic (exact) mass is 506 g/mol. The number of carbonyl (C=O) groups is 2. The van der Waals surface area contributed by atoms with Crippen molar-refractivity contribution in [3.05, 3.63) is 94.5 Å². The van der Waals surface area contributed by atoms with Crippen molar-refractivity contribution in [2.24, 2.45) is 0 Å². The zero-order chi connectivity index (χ0) is 26.5. The minimum atomic E-state index is -0.388. The Bertz CT molecular complexity index is 1210. The molecule has 0 unspecified atom stereocenters. The Kier molecular flexibility index (Phi) is 8.64. The minimum absolute atomic E-state index is 0.158. The van der Waals surface area contributed by atoms with Crippen molar-refractivity contribution < 1.29 is 9.59 Å². The molecule has 6 nitrogen and oxygen atoms in total. The predicted molar refractivity (Wildman–Crippen MR) is 149 cm³/mol. The van der Waals surface area contributed by atoms with Gasteiger partial charge >= 0.3 is 6.03 Å². The Hall–Kier alpha value is -3.51. The van der Waals surface area contributed by atoms with Crippen molar-refractivity contribution in [3.63, 3.8) is 0 Å². The molecule has 3 aromatic carbocycles. The summed E-state index contributed by atoms with van der Waals surface area (Å²) in [7, 11) is 3.92. The van der Waals surface area contributed by atoms with E-state index in [0.29, 0.717) is 22.8 Å². The molecule has 0 bridgehead atoms. The Labute approximate surface area is 219 Å². The van der Waals surface area contributed by atoms with Gasteiger partial charge in [0.1, 0.15) is 0 Å². The summed E-state index contributed by atoms with van der Waals surface area (Å²) >= 11 is 6.21. The van der Waals surface area contributed by atoms with Gasteiger partial charge in [0.25, 0.3) is 5.91 Å². The van der Waals surface area contributed by atoms with Gasteiger partial charge in [-0.2, -0.15) is 0 Å². The molecular weight excluding hydrogens is 472 g/mol. The summed E-state index contributed by atoms with van der Waals surface area (Å²) < 4.78 is 0. The van der Waals surface area contributed by atoms with Crippen molar-refractivity contribution in [1.82, 2.24) is 10.2 Å². The average molecular weight is 507 g/mol. The Morgan fingerprint density at radius 2 is 1.58 bits per heavy atom. The van der Waals surface area contributed by atoms with Crippen LogP contribution in [0.2, 0.25) is 5.02 Å². The molecule has 0 saturated heterocycles. The number of anilines is 2. The molecule has 2 N–H and O–H groups in total. The number of hydrogen-bond donors (Lipinski definition) is 2. The van der Waals surface area contributed by atoms with Gasteiger partial charge < -0.3 is 20.4 Å². The number of benzene rings is 3. The summed E-state index contributed by atoms with van der Waals surface area (Å²) in [6.07, 6.45) is 0. The van der Waals surface area contributed by atoms with Crippen LogP contribution in [0.1, 0.15) is 55.2 Å². The van der Waals surface area contributed by atoms with Gasteiger partial charge in [-0.05, 0) is 69.2 Å². The Balaban J connectivity index is 1.96. The predicted octanol–water partition coefficient (Wildman–Crippen LogP) is 6.73. The van der Waals surface area contributed by atoms with E-state index < -0.39 is 0 Å². The maximum Gasteiger partial charge on any atom is 0.318 e. The molecule has 3 aromatic rings. The number of amides is 3. The van der Waals surface area contributed by atoms with Crippen LogP contribution in [0.25, 0.3) is 0 Å². The van der Waals surface area contributed by atoms with Gasteiger partial charge in [0.15, 0.2) is 0 Å². The number of carbonyl (C=O) groups excluding carboxylic acids is 2. The molecule has 1 atom stereocenters. The van der Waals surface area contributed by atoms with E-state index in [0.717, 1.165) is 16.8 Å². The Morgan fingerprint density at radius 1 is 0.944 bits per heavy atom. The van der Waals surface area contributed by atoms with E-state index in [-0.39, 0.29) is 23.5 Å². The molecule has 0 fully saturated rings. The first-order valence-electron chi connectivity index (χ1n) is 12.0. The smallest absolute Gasteiger partial charge is 0.318 e. The van der Waals surface area contributed by atoms with Gasteiger partial charge in [-0.3, -0.25) is 4.79 Å². The first-order valence-corrected chi connectivity index (χ1v) is 12.3. The van der Waals surface area contributed by atoms with E-state index in [1.807, 2.05) is 100 Å². The maximum atomic E-state index is 13.5. The lowest BCUT2D eigenvalue weighted by Crippen LogP contribution is -2.49. The maximum absolute atomic E-state index is 13.5. The number of nitrogens with one attached hydrogen (secondary N) is 2. The highest BCUT2D eigenvalue weighted by molar-refractivity contribution is 6.34. The number of halogens is 1. The first-order chi connectivity index (χ1) is 17.0. The van der Waals surface area contributed by atoms with Crippen molar-refractivity contribution in [3.8, 4) is 0 Å². The normalized spacial score (nSPS) is 12.0. The molecule has 36 heavy (non-hydrogen) atoms. The van der Waals surface area contributed by atoms with E-state index in [1.54, 1.807) is 24.3 Å². The lowest BCUT2D eigenvalue weighted by molar-refractivity contribution is 0.102. The van der Waals surface area contributed by atoms with E-state index in [9.17, 15) is 9.59 Å². The molecule has 0 aliphatic heterocycles. The molecule has 0 aliphatic rings. The molecular formula is C29H35ClN4O2. The van der Waals surface area contributed by atoms with Crippen LogP contribution in [0.5, 0.6) is 0 Å². The molecule has 0 aliphatic carbocycles. The van der Waals surface area contributed by atoms with E-state index in [1.165, 1.54) is 0 Å². The summed E-state index contributed by atoms with van der Waals surface area (Å²) in [5, 5.41) is 6.44. The second-order valence-electron chi connectivity index (χ2n) is 10.1. The summed E-state index contributed by atoms with van der Waals surface area (Å²) in [4.78, 5) is 30.2. The molecule has 3 rings (SSSR count). The molecule has 0 aromatic heterocycles. The highest BCUT2D eigenvalue weighted by Gasteiger charge is 2.26. The third kappa shape index (κ3) is 7.01. The summed E-state index contributed by atoms with van der Waals surface area (Å²) in [6, 6.07) is 22.3. The summed E-state index contributed by atoms with van der Waals surface area (Å²) in [6.45, 7) is 8.27. The van der Waals surface area contributed by atoms with Gasteiger partial charge in [-0.25, -0.2) is 4.79 Å². The summed E-state index contributed by atoms with van der Waals surface area (Å²) in [5.41, 5.74) is 3.55. The third-order valence-corrected chi connectivity index (χ3v) is 6.10. The molecule has 3 amide bonds. The van der Waals surface area contributed by atoms with Crippen LogP contribution >= 0.6 is 11.6 Å². The average Bonchev–Trinajstić information content (AvgIpc) is 2.81. The topological polar surface area (TPSA) is 64.7 Å². The Morgan fingerprint density at radius 3 is 2.19 bits per heavy atom. The standard InChI is InChI=1S/C29H35ClN4O2/c1-20(21-12-8-7-9-13-21)34(28(36)32-29(2,3)4)19-22-18-23(16-17-26(22)33(5)6)31-27(35)24-14-10-11-15-25(24)30/h7-18,20H,19H2,1-6H3,(H,31,35)(H,32,36)/t20-/m0/s1. The lowest BCUT2D eigenvalue weighted by atomic mass is 10.0. The second kappa shape index (κ2) is 11.5.